The van der Waals surface area contributed by atoms with E-state index in [4.69, 9.17) is 4.74 Å². The number of hydrogen-bond donors (Lipinski definition) is 1. The highest BCUT2D eigenvalue weighted by Crippen LogP contribution is 2.19. The van der Waals surface area contributed by atoms with Crippen LogP contribution in [0.2, 0.25) is 0 Å². The van der Waals surface area contributed by atoms with Crippen molar-refractivity contribution >= 4 is 22.6 Å². The van der Waals surface area contributed by atoms with Gasteiger partial charge in [-0.05, 0) is 48.7 Å². The first-order chi connectivity index (χ1) is 16.5. The van der Waals surface area contributed by atoms with Crippen LogP contribution in [0.25, 0.3) is 16.7 Å². The maximum absolute atomic E-state index is 13.4. The van der Waals surface area contributed by atoms with Crippen molar-refractivity contribution in [2.24, 2.45) is 7.05 Å². The van der Waals surface area contributed by atoms with E-state index in [-0.39, 0.29) is 35.5 Å². The van der Waals surface area contributed by atoms with Crippen LogP contribution >= 0.6 is 0 Å². The quantitative estimate of drug-likeness (QED) is 0.492. The van der Waals surface area contributed by atoms with E-state index in [1.165, 1.54) is 20.1 Å². The Bertz CT molecular complexity index is 1510. The van der Waals surface area contributed by atoms with E-state index in [0.29, 0.717) is 22.2 Å². The molecule has 1 aliphatic carbocycles. The molecule has 1 N–H and O–H groups in total. The number of rotatable bonds is 5. The van der Waals surface area contributed by atoms with Crippen LogP contribution in [0.5, 0.6) is 5.75 Å². The van der Waals surface area contributed by atoms with Crippen LogP contribution in [0.15, 0.2) is 52.1 Å². The molecule has 2 aromatic carbocycles. The molecule has 1 fully saturated rings. The van der Waals surface area contributed by atoms with Gasteiger partial charge < -0.3 is 10.1 Å². The van der Waals surface area contributed by atoms with Gasteiger partial charge in [-0.15, -0.1) is 5.10 Å². The molecule has 4 aromatic rings. The number of aryl methyl sites for hydroxylation is 1. The molecule has 0 aliphatic heterocycles. The molecule has 0 unspecified atom stereocenters. The van der Waals surface area contributed by atoms with Crippen molar-refractivity contribution in [3.8, 4) is 5.75 Å². The monoisotopic (exact) mass is 461 g/mol. The van der Waals surface area contributed by atoms with E-state index < -0.39 is 0 Å². The lowest BCUT2D eigenvalue weighted by atomic mass is 9.95. The zero-order valence-electron chi connectivity index (χ0n) is 19.3. The van der Waals surface area contributed by atoms with Gasteiger partial charge in [0, 0.05) is 18.7 Å². The summed E-state index contributed by atoms with van der Waals surface area (Å²) < 4.78 is 9.34. The van der Waals surface area contributed by atoms with Crippen LogP contribution in [0, 0.1) is 0 Å². The van der Waals surface area contributed by atoms with Gasteiger partial charge in [0.2, 0.25) is 5.78 Å². The van der Waals surface area contributed by atoms with E-state index in [9.17, 15) is 14.4 Å². The zero-order chi connectivity index (χ0) is 23.8. The largest absolute Gasteiger partial charge is 0.497 e. The van der Waals surface area contributed by atoms with E-state index in [1.54, 1.807) is 32.4 Å². The summed E-state index contributed by atoms with van der Waals surface area (Å²) >= 11 is 0. The molecule has 9 nitrogen and oxygen atoms in total. The molecule has 1 aliphatic rings. The van der Waals surface area contributed by atoms with Gasteiger partial charge in [-0.3, -0.25) is 14.2 Å². The van der Waals surface area contributed by atoms with Gasteiger partial charge in [-0.25, -0.2) is 13.9 Å². The summed E-state index contributed by atoms with van der Waals surface area (Å²) in [5.41, 5.74) is 0.964. The molecule has 9 heteroatoms. The van der Waals surface area contributed by atoms with Crippen molar-refractivity contribution in [1.82, 2.24) is 24.1 Å². The first-order valence-electron chi connectivity index (χ1n) is 11.5. The third kappa shape index (κ3) is 3.87. The normalized spacial score (nSPS) is 14.5. The van der Waals surface area contributed by atoms with Crippen LogP contribution in [0.1, 0.15) is 48.0 Å². The number of amides is 1. The fourth-order valence-electron chi connectivity index (χ4n) is 4.70. The van der Waals surface area contributed by atoms with Crippen LogP contribution in [-0.4, -0.2) is 37.8 Å². The van der Waals surface area contributed by atoms with Crippen molar-refractivity contribution in [2.45, 2.75) is 44.7 Å². The maximum atomic E-state index is 13.4. The molecule has 0 bridgehead atoms. The van der Waals surface area contributed by atoms with E-state index >= 15 is 0 Å². The van der Waals surface area contributed by atoms with Gasteiger partial charge in [0.15, 0.2) is 0 Å². The summed E-state index contributed by atoms with van der Waals surface area (Å²) in [6.45, 7) is 0.218. The minimum Gasteiger partial charge on any atom is -0.497 e. The Labute approximate surface area is 195 Å². The second kappa shape index (κ2) is 8.81. The summed E-state index contributed by atoms with van der Waals surface area (Å²) in [5, 5.41) is 7.88. The number of aromatic nitrogens is 4. The predicted octanol–water partition coefficient (Wildman–Crippen LogP) is 2.47. The first-order valence-corrected chi connectivity index (χ1v) is 11.5. The lowest BCUT2D eigenvalue weighted by molar-refractivity contribution is 0.0928. The fraction of sp³-hybridized carbons (Fsp3) is 0.360. The predicted molar refractivity (Wildman–Crippen MR) is 129 cm³/mol. The summed E-state index contributed by atoms with van der Waals surface area (Å²) in [5.74, 6) is 0.704. The molecule has 1 amide bonds. The van der Waals surface area contributed by atoms with E-state index in [1.807, 2.05) is 24.3 Å². The number of nitrogens with zero attached hydrogens (tertiary/aromatic N) is 4. The highest BCUT2D eigenvalue weighted by molar-refractivity contribution is 5.98. The summed E-state index contributed by atoms with van der Waals surface area (Å²) in [7, 11) is 3.17. The lowest BCUT2D eigenvalue weighted by Crippen LogP contribution is -2.36. The Morgan fingerprint density at radius 1 is 1.12 bits per heavy atom. The van der Waals surface area contributed by atoms with Crippen LogP contribution in [0.4, 0.5) is 0 Å². The Morgan fingerprint density at radius 3 is 2.68 bits per heavy atom. The highest BCUT2D eigenvalue weighted by Gasteiger charge is 2.20. The van der Waals surface area contributed by atoms with E-state index in [0.717, 1.165) is 31.2 Å². The summed E-state index contributed by atoms with van der Waals surface area (Å²) in [6, 6.07) is 12.4. The molecule has 5 rings (SSSR count). The van der Waals surface area contributed by atoms with Gasteiger partial charge in [-0.2, -0.15) is 0 Å². The third-order valence-electron chi connectivity index (χ3n) is 6.56. The van der Waals surface area contributed by atoms with Crippen molar-refractivity contribution in [3.05, 3.63) is 74.4 Å². The van der Waals surface area contributed by atoms with Crippen LogP contribution in [-0.2, 0) is 13.6 Å². The third-order valence-corrected chi connectivity index (χ3v) is 6.56. The fourth-order valence-corrected chi connectivity index (χ4v) is 4.70. The number of hydrogen-bond acceptors (Lipinski definition) is 5. The second-order valence-corrected chi connectivity index (χ2v) is 8.83. The van der Waals surface area contributed by atoms with Gasteiger partial charge in [0.05, 0.1) is 24.6 Å². The average Bonchev–Trinajstić information content (AvgIpc) is 3.19. The Kier molecular flexibility index (Phi) is 5.69. The second-order valence-electron chi connectivity index (χ2n) is 8.83. The average molecular weight is 462 g/mol. The van der Waals surface area contributed by atoms with Gasteiger partial charge in [-0.1, -0.05) is 31.4 Å². The molecule has 0 spiro atoms. The molecule has 176 valence electrons. The zero-order valence-corrected chi connectivity index (χ0v) is 19.3. The number of methoxy groups -OCH3 is 1. The molecule has 0 atom stereocenters. The molecular formula is C25H27N5O4. The SMILES string of the molecule is COc1cccc(Cn2nc3n(C)c(=O)c4ccc(C(=O)NC5CCCCC5)cc4n3c2=O)c1. The minimum atomic E-state index is -0.386. The van der Waals surface area contributed by atoms with E-state index in [2.05, 4.69) is 10.4 Å². The number of nitrogens with one attached hydrogen (secondary N) is 1. The van der Waals surface area contributed by atoms with Crippen LogP contribution in [0.3, 0.4) is 0 Å². The summed E-state index contributed by atoms with van der Waals surface area (Å²) in [6.07, 6.45) is 5.37. The molecule has 34 heavy (non-hydrogen) atoms. The minimum absolute atomic E-state index is 0.161. The molecule has 1 saturated carbocycles. The Hall–Kier alpha value is -3.88. The standard InChI is InChI=1S/C25H27N5O4/c1-28-23(32)20-12-11-17(22(31)26-18-8-4-3-5-9-18)14-21(20)30-24(28)27-29(25(30)33)15-16-7-6-10-19(13-16)34-2/h6-7,10-14,18H,3-5,8-9,15H2,1-2H3,(H,26,31). The number of benzene rings is 2. The molecule has 0 radical (unpaired) electrons. The van der Waals surface area contributed by atoms with Gasteiger partial charge in [0.25, 0.3) is 11.5 Å². The topological polar surface area (TPSA) is 99.6 Å². The summed E-state index contributed by atoms with van der Waals surface area (Å²) in [4.78, 5) is 39.3. The highest BCUT2D eigenvalue weighted by atomic mass is 16.5. The first kappa shape index (κ1) is 21.9. The van der Waals surface area contributed by atoms with Crippen molar-refractivity contribution in [1.29, 1.82) is 0 Å². The lowest BCUT2D eigenvalue weighted by Gasteiger charge is -2.22. The number of ether oxygens (including phenoxy) is 1. The van der Waals surface area contributed by atoms with Crippen molar-refractivity contribution in [3.63, 3.8) is 0 Å². The molecule has 2 heterocycles. The number of carbonyl (C=O) groups excluding carboxylic acids is 1. The van der Waals surface area contributed by atoms with Crippen molar-refractivity contribution in [2.75, 3.05) is 7.11 Å². The molecule has 0 saturated heterocycles. The van der Waals surface area contributed by atoms with Crippen molar-refractivity contribution < 1.29 is 9.53 Å². The van der Waals surface area contributed by atoms with Gasteiger partial charge >= 0.3 is 5.69 Å². The van der Waals surface area contributed by atoms with Gasteiger partial charge in [0.1, 0.15) is 5.75 Å². The Morgan fingerprint density at radius 2 is 1.91 bits per heavy atom. The molecule has 2 aromatic heterocycles. The number of carbonyl (C=O) groups is 1. The number of fused-ring (bicyclic) bond motifs is 3. The maximum Gasteiger partial charge on any atom is 0.352 e. The smallest absolute Gasteiger partial charge is 0.352 e. The Balaban J connectivity index is 1.59. The van der Waals surface area contributed by atoms with Crippen LogP contribution < -0.4 is 21.3 Å². The molecular weight excluding hydrogens is 434 g/mol.